The van der Waals surface area contributed by atoms with Gasteiger partial charge in [-0.2, -0.15) is 4.98 Å². The largest absolute Gasteiger partial charge is 0.465 e. The van der Waals surface area contributed by atoms with Gasteiger partial charge in [0.1, 0.15) is 12.2 Å². The summed E-state index contributed by atoms with van der Waals surface area (Å²) < 4.78 is 9.21. The highest BCUT2D eigenvalue weighted by Crippen LogP contribution is 2.19. The number of esters is 1. The zero-order chi connectivity index (χ0) is 24.7. The maximum Gasteiger partial charge on any atom is 0.333 e. The third kappa shape index (κ3) is 4.20. The molecule has 1 saturated heterocycles. The van der Waals surface area contributed by atoms with Gasteiger partial charge in [0, 0.05) is 31.0 Å². The third-order valence-electron chi connectivity index (χ3n) is 6.26. The van der Waals surface area contributed by atoms with Crippen molar-refractivity contribution in [2.45, 2.75) is 45.8 Å². The molecular weight excluding hydrogens is 452 g/mol. The molecule has 35 heavy (non-hydrogen) atoms. The lowest BCUT2D eigenvalue weighted by molar-refractivity contribution is -0.143. The Morgan fingerprint density at radius 1 is 1.26 bits per heavy atom. The van der Waals surface area contributed by atoms with E-state index in [-0.39, 0.29) is 36.9 Å². The molecule has 12 heteroatoms. The number of carbonyl (C=O) groups is 1. The number of anilines is 1. The molecule has 0 aliphatic carbocycles. The molecule has 1 fully saturated rings. The number of H-pyrrole nitrogens is 1. The van der Waals surface area contributed by atoms with Crippen molar-refractivity contribution in [1.82, 2.24) is 28.5 Å². The quantitative estimate of drug-likeness (QED) is 0.377. The summed E-state index contributed by atoms with van der Waals surface area (Å²) in [4.78, 5) is 53.4. The first kappa shape index (κ1) is 22.8. The summed E-state index contributed by atoms with van der Waals surface area (Å²) in [6.07, 6.45) is 3.60. The fraction of sp³-hybridized carbons (Fsp3) is 0.435. The fourth-order valence-electron chi connectivity index (χ4n) is 4.56. The van der Waals surface area contributed by atoms with E-state index in [0.717, 1.165) is 29.6 Å². The van der Waals surface area contributed by atoms with Crippen LogP contribution in [-0.2, 0) is 22.6 Å². The summed E-state index contributed by atoms with van der Waals surface area (Å²) >= 11 is 0. The Balaban J connectivity index is 1.63. The summed E-state index contributed by atoms with van der Waals surface area (Å²) in [6, 6.07) is 5.69. The number of carbonyl (C=O) groups excluding carboxylic acids is 1. The van der Waals surface area contributed by atoms with Gasteiger partial charge in [-0.25, -0.2) is 9.78 Å². The number of nitrogens with two attached hydrogens (primary N) is 1. The molecule has 3 N–H and O–H groups in total. The summed E-state index contributed by atoms with van der Waals surface area (Å²) in [5.41, 5.74) is 7.42. The lowest BCUT2D eigenvalue weighted by Gasteiger charge is -2.30. The topological polar surface area (TPSA) is 146 Å². The SMILES string of the molecule is CCOC(=O)Cn1c(=O)n(Cc2cn3c(C)cccc3n2)c(=O)c2[nH]c(N3CCCC(N)C3)nc21. The number of nitrogens with one attached hydrogen (secondary N) is 1. The van der Waals surface area contributed by atoms with Crippen LogP contribution in [0.15, 0.2) is 34.0 Å². The summed E-state index contributed by atoms with van der Waals surface area (Å²) in [7, 11) is 0. The molecule has 1 unspecified atom stereocenters. The van der Waals surface area contributed by atoms with Gasteiger partial charge in [0.25, 0.3) is 5.56 Å². The number of ether oxygens (including phenoxy) is 1. The molecule has 1 aliphatic rings. The van der Waals surface area contributed by atoms with Crippen molar-refractivity contribution in [2.75, 3.05) is 24.6 Å². The van der Waals surface area contributed by atoms with Crippen molar-refractivity contribution < 1.29 is 9.53 Å². The number of rotatable bonds is 6. The van der Waals surface area contributed by atoms with Crippen LogP contribution in [0.5, 0.6) is 0 Å². The molecule has 1 aliphatic heterocycles. The Hall–Kier alpha value is -3.93. The monoisotopic (exact) mass is 480 g/mol. The van der Waals surface area contributed by atoms with Crippen molar-refractivity contribution in [1.29, 1.82) is 0 Å². The van der Waals surface area contributed by atoms with E-state index in [1.807, 2.05) is 34.4 Å². The molecular formula is C23H28N8O4. The number of pyridine rings is 1. The molecule has 1 atom stereocenters. The van der Waals surface area contributed by atoms with Crippen LogP contribution >= 0.6 is 0 Å². The number of piperidine rings is 1. The molecule has 0 radical (unpaired) electrons. The maximum atomic E-state index is 13.5. The zero-order valence-electron chi connectivity index (χ0n) is 19.7. The molecule has 0 saturated carbocycles. The van der Waals surface area contributed by atoms with Crippen LogP contribution in [0.25, 0.3) is 16.8 Å². The highest BCUT2D eigenvalue weighted by molar-refractivity contribution is 5.76. The molecule has 184 valence electrons. The zero-order valence-corrected chi connectivity index (χ0v) is 19.7. The van der Waals surface area contributed by atoms with E-state index in [1.54, 1.807) is 13.1 Å². The van der Waals surface area contributed by atoms with Crippen molar-refractivity contribution in [3.05, 3.63) is 56.6 Å². The van der Waals surface area contributed by atoms with Crippen LogP contribution < -0.4 is 21.9 Å². The first-order valence-electron chi connectivity index (χ1n) is 11.7. The number of imidazole rings is 2. The Morgan fingerprint density at radius 3 is 2.83 bits per heavy atom. The first-order valence-corrected chi connectivity index (χ1v) is 11.7. The number of aromatic amines is 1. The molecule has 4 aromatic rings. The third-order valence-corrected chi connectivity index (χ3v) is 6.26. The lowest BCUT2D eigenvalue weighted by atomic mass is 10.1. The van der Waals surface area contributed by atoms with Crippen LogP contribution in [0.3, 0.4) is 0 Å². The average molecular weight is 481 g/mol. The maximum absolute atomic E-state index is 13.5. The van der Waals surface area contributed by atoms with Crippen LogP contribution in [0.2, 0.25) is 0 Å². The molecule has 5 rings (SSSR count). The number of hydrogen-bond donors (Lipinski definition) is 2. The Labute approximate surface area is 200 Å². The predicted molar refractivity (Wildman–Crippen MR) is 130 cm³/mol. The Morgan fingerprint density at radius 2 is 2.09 bits per heavy atom. The predicted octanol–water partition coefficient (Wildman–Crippen LogP) is 0.381. The van der Waals surface area contributed by atoms with E-state index in [0.29, 0.717) is 23.8 Å². The smallest absolute Gasteiger partial charge is 0.333 e. The van der Waals surface area contributed by atoms with Crippen molar-refractivity contribution in [3.63, 3.8) is 0 Å². The van der Waals surface area contributed by atoms with Crippen molar-refractivity contribution >= 4 is 28.7 Å². The molecule has 0 amide bonds. The van der Waals surface area contributed by atoms with Crippen LogP contribution in [0.1, 0.15) is 31.2 Å². The minimum atomic E-state index is -0.655. The second-order valence-electron chi connectivity index (χ2n) is 8.80. The number of nitrogens with zero attached hydrogens (tertiary/aromatic N) is 6. The number of hydrogen-bond acceptors (Lipinski definition) is 8. The highest BCUT2D eigenvalue weighted by Gasteiger charge is 2.24. The average Bonchev–Trinajstić information content (AvgIpc) is 3.45. The lowest BCUT2D eigenvalue weighted by Crippen LogP contribution is -2.43. The Bertz CT molecular complexity index is 1530. The standard InChI is InChI=1S/C23H28N8O4/c1-3-35-18(32)13-30-20-19(26-22(27-20)28-9-5-7-15(24)10-28)21(33)31(23(30)34)12-16-11-29-14(2)6-4-8-17(29)25-16/h4,6,8,11,15H,3,5,7,9-10,12-13,24H2,1-2H3,(H,26,27). The van der Waals surface area contributed by atoms with E-state index in [9.17, 15) is 14.4 Å². The molecule has 0 bridgehead atoms. The normalized spacial score (nSPS) is 16.3. The van der Waals surface area contributed by atoms with E-state index in [4.69, 9.17) is 10.5 Å². The Kier molecular flexibility index (Phi) is 5.89. The fourth-order valence-corrected chi connectivity index (χ4v) is 4.56. The van der Waals surface area contributed by atoms with Crippen LogP contribution in [-0.4, -0.2) is 60.2 Å². The van der Waals surface area contributed by atoms with Crippen LogP contribution in [0.4, 0.5) is 5.95 Å². The van der Waals surface area contributed by atoms with Gasteiger partial charge in [-0.3, -0.25) is 18.7 Å². The van der Waals surface area contributed by atoms with E-state index in [1.165, 1.54) is 4.57 Å². The van der Waals surface area contributed by atoms with Gasteiger partial charge in [0.05, 0.1) is 18.8 Å². The number of fused-ring (bicyclic) bond motifs is 2. The summed E-state index contributed by atoms with van der Waals surface area (Å²) in [5.74, 6) is -0.139. The van der Waals surface area contributed by atoms with Gasteiger partial charge in [-0.05, 0) is 38.8 Å². The molecule has 0 spiro atoms. The van der Waals surface area contributed by atoms with Crippen molar-refractivity contribution in [3.8, 4) is 0 Å². The second kappa shape index (κ2) is 9.02. The van der Waals surface area contributed by atoms with E-state index in [2.05, 4.69) is 15.0 Å². The van der Waals surface area contributed by atoms with Gasteiger partial charge in [-0.1, -0.05) is 6.07 Å². The number of aryl methyl sites for hydroxylation is 1. The summed E-state index contributed by atoms with van der Waals surface area (Å²) in [6.45, 7) is 4.70. The minimum Gasteiger partial charge on any atom is -0.465 e. The number of aromatic nitrogens is 6. The molecule has 5 heterocycles. The second-order valence-corrected chi connectivity index (χ2v) is 8.80. The molecule has 12 nitrogen and oxygen atoms in total. The van der Waals surface area contributed by atoms with Gasteiger partial charge < -0.3 is 24.8 Å². The first-order chi connectivity index (χ1) is 16.9. The van der Waals surface area contributed by atoms with Crippen LogP contribution in [0, 0.1) is 6.92 Å². The van der Waals surface area contributed by atoms with Gasteiger partial charge >= 0.3 is 11.7 Å². The van der Waals surface area contributed by atoms with E-state index >= 15 is 0 Å². The summed E-state index contributed by atoms with van der Waals surface area (Å²) in [5, 5.41) is 0. The van der Waals surface area contributed by atoms with Crippen molar-refractivity contribution in [2.24, 2.45) is 5.73 Å². The van der Waals surface area contributed by atoms with Gasteiger partial charge in [0.2, 0.25) is 5.95 Å². The highest BCUT2D eigenvalue weighted by atomic mass is 16.5. The molecule has 0 aromatic carbocycles. The molecule has 4 aromatic heterocycles. The van der Waals surface area contributed by atoms with Gasteiger partial charge in [0.15, 0.2) is 11.2 Å². The van der Waals surface area contributed by atoms with Gasteiger partial charge in [-0.15, -0.1) is 0 Å². The minimum absolute atomic E-state index is 0.00569. The van der Waals surface area contributed by atoms with E-state index < -0.39 is 17.2 Å².